The molecule has 0 saturated carbocycles. The molecule has 0 aliphatic heterocycles. The Morgan fingerprint density at radius 2 is 2.10 bits per heavy atom. The molecule has 1 atom stereocenters. The Bertz CT molecular complexity index is 722. The van der Waals surface area contributed by atoms with Gasteiger partial charge in [0.25, 0.3) is 5.91 Å². The molecule has 0 radical (unpaired) electrons. The molecule has 0 bridgehead atoms. The van der Waals surface area contributed by atoms with Crippen molar-refractivity contribution in [1.29, 1.82) is 0 Å². The number of aliphatic hydroxyl groups is 1. The largest absolute Gasteiger partial charge is 0.391 e. The number of aryl methyl sites for hydroxylation is 1. The number of fused-ring (bicyclic) bond motifs is 1. The maximum absolute atomic E-state index is 12.1. The quantitative estimate of drug-likeness (QED) is 0.788. The number of aromatic amines is 1. The number of rotatable bonds is 3. The zero-order valence-corrected chi connectivity index (χ0v) is 12.7. The topological polar surface area (TPSA) is 87.1 Å². The summed E-state index contributed by atoms with van der Waals surface area (Å²) in [6.07, 6.45) is -0.623. The van der Waals surface area contributed by atoms with Gasteiger partial charge in [0, 0.05) is 19.2 Å². The van der Waals surface area contributed by atoms with Gasteiger partial charge in [0.05, 0.1) is 17.1 Å². The van der Waals surface area contributed by atoms with Crippen molar-refractivity contribution in [2.75, 3.05) is 6.54 Å². The van der Waals surface area contributed by atoms with E-state index in [0.717, 1.165) is 5.52 Å². The number of nitrogens with one attached hydrogen (secondary N) is 2. The van der Waals surface area contributed by atoms with E-state index in [1.807, 2.05) is 20.8 Å². The first-order valence-corrected chi connectivity index (χ1v) is 6.85. The monoisotopic (exact) mass is 291 g/mol. The number of carbonyl (C=O) groups is 1. The van der Waals surface area contributed by atoms with Gasteiger partial charge >= 0.3 is 5.69 Å². The molecule has 114 valence electrons. The molecule has 0 aliphatic rings. The van der Waals surface area contributed by atoms with Crippen LogP contribution in [0.2, 0.25) is 0 Å². The molecular formula is C15H21N3O3. The molecule has 1 heterocycles. The van der Waals surface area contributed by atoms with Gasteiger partial charge in [-0.2, -0.15) is 0 Å². The number of carbonyl (C=O) groups excluding carboxylic acids is 1. The van der Waals surface area contributed by atoms with Crippen LogP contribution in [0.1, 0.15) is 31.1 Å². The molecule has 0 saturated heterocycles. The van der Waals surface area contributed by atoms with E-state index in [4.69, 9.17) is 0 Å². The van der Waals surface area contributed by atoms with E-state index in [1.165, 1.54) is 4.57 Å². The van der Waals surface area contributed by atoms with Gasteiger partial charge in [-0.1, -0.05) is 20.8 Å². The molecular weight excluding hydrogens is 270 g/mol. The minimum absolute atomic E-state index is 0.186. The lowest BCUT2D eigenvalue weighted by atomic mass is 9.89. The van der Waals surface area contributed by atoms with E-state index >= 15 is 0 Å². The normalized spacial score (nSPS) is 13.4. The maximum Gasteiger partial charge on any atom is 0.326 e. The van der Waals surface area contributed by atoms with Gasteiger partial charge in [-0.3, -0.25) is 9.36 Å². The van der Waals surface area contributed by atoms with Crippen molar-refractivity contribution in [2.45, 2.75) is 26.9 Å². The molecule has 6 nitrogen and oxygen atoms in total. The van der Waals surface area contributed by atoms with Crippen LogP contribution in [0.3, 0.4) is 0 Å². The standard InChI is InChI=1S/C15H21N3O3/c1-15(2,3)12(19)8-16-13(20)9-5-6-11-10(7-9)17-14(21)18(11)4/h5-7,12,19H,8H2,1-4H3,(H,16,20)(H,17,21). The van der Waals surface area contributed by atoms with Crippen LogP contribution in [0.4, 0.5) is 0 Å². The SMILES string of the molecule is Cn1c(=O)[nH]c2cc(C(=O)NCC(O)C(C)(C)C)ccc21. The molecule has 1 aromatic heterocycles. The summed E-state index contributed by atoms with van der Waals surface area (Å²) < 4.78 is 1.49. The van der Waals surface area contributed by atoms with Crippen molar-refractivity contribution in [2.24, 2.45) is 12.5 Å². The number of H-pyrrole nitrogens is 1. The minimum Gasteiger partial charge on any atom is -0.391 e. The number of hydrogen-bond donors (Lipinski definition) is 3. The highest BCUT2D eigenvalue weighted by Crippen LogP contribution is 2.18. The average molecular weight is 291 g/mol. The molecule has 2 aromatic rings. The van der Waals surface area contributed by atoms with Gasteiger partial charge in [-0.25, -0.2) is 4.79 Å². The van der Waals surface area contributed by atoms with Crippen molar-refractivity contribution in [3.8, 4) is 0 Å². The van der Waals surface area contributed by atoms with Gasteiger partial charge in [-0.05, 0) is 23.6 Å². The lowest BCUT2D eigenvalue weighted by molar-refractivity contribution is 0.0587. The van der Waals surface area contributed by atoms with E-state index in [1.54, 1.807) is 25.2 Å². The van der Waals surface area contributed by atoms with Crippen molar-refractivity contribution < 1.29 is 9.90 Å². The van der Waals surface area contributed by atoms with Gasteiger partial charge in [0.2, 0.25) is 0 Å². The van der Waals surface area contributed by atoms with Crippen LogP contribution < -0.4 is 11.0 Å². The van der Waals surface area contributed by atoms with Crippen molar-refractivity contribution in [1.82, 2.24) is 14.9 Å². The molecule has 21 heavy (non-hydrogen) atoms. The van der Waals surface area contributed by atoms with Crippen LogP contribution in [0, 0.1) is 5.41 Å². The molecule has 1 unspecified atom stereocenters. The molecule has 1 aromatic carbocycles. The number of aliphatic hydroxyl groups excluding tert-OH is 1. The smallest absolute Gasteiger partial charge is 0.326 e. The zero-order chi connectivity index (χ0) is 15.8. The molecule has 0 spiro atoms. The third kappa shape index (κ3) is 3.16. The molecule has 2 rings (SSSR count). The second kappa shape index (κ2) is 5.37. The summed E-state index contributed by atoms with van der Waals surface area (Å²) in [7, 11) is 1.67. The van der Waals surface area contributed by atoms with E-state index in [0.29, 0.717) is 11.1 Å². The number of hydrogen-bond acceptors (Lipinski definition) is 3. The van der Waals surface area contributed by atoms with E-state index in [-0.39, 0.29) is 23.6 Å². The third-order valence-corrected chi connectivity index (χ3v) is 3.62. The lowest BCUT2D eigenvalue weighted by Gasteiger charge is -2.25. The van der Waals surface area contributed by atoms with Crippen molar-refractivity contribution in [3.63, 3.8) is 0 Å². The van der Waals surface area contributed by atoms with Crippen LogP contribution in [0.5, 0.6) is 0 Å². The van der Waals surface area contributed by atoms with Gasteiger partial charge in [0.15, 0.2) is 0 Å². The number of imidazole rings is 1. The molecule has 0 fully saturated rings. The first-order chi connectivity index (χ1) is 9.70. The summed E-state index contributed by atoms with van der Waals surface area (Å²) in [5, 5.41) is 12.6. The minimum atomic E-state index is -0.623. The summed E-state index contributed by atoms with van der Waals surface area (Å²) in [6, 6.07) is 5.02. The van der Waals surface area contributed by atoms with E-state index in [2.05, 4.69) is 10.3 Å². The Hall–Kier alpha value is -2.08. The summed E-state index contributed by atoms with van der Waals surface area (Å²) >= 11 is 0. The zero-order valence-electron chi connectivity index (χ0n) is 12.7. The predicted octanol–water partition coefficient (Wildman–Crippen LogP) is 1.00. The Balaban J connectivity index is 2.15. The average Bonchev–Trinajstić information content (AvgIpc) is 2.69. The summed E-state index contributed by atoms with van der Waals surface area (Å²) in [6.45, 7) is 5.91. The summed E-state index contributed by atoms with van der Waals surface area (Å²) in [5.74, 6) is -0.273. The second-order valence-corrected chi connectivity index (χ2v) is 6.31. The van der Waals surface area contributed by atoms with Gasteiger partial charge < -0.3 is 15.4 Å². The van der Waals surface area contributed by atoms with Crippen LogP contribution in [-0.4, -0.2) is 33.2 Å². The van der Waals surface area contributed by atoms with Crippen LogP contribution in [0.25, 0.3) is 11.0 Å². The maximum atomic E-state index is 12.1. The highest BCUT2D eigenvalue weighted by molar-refractivity contribution is 5.97. The number of nitrogens with zero attached hydrogens (tertiary/aromatic N) is 1. The highest BCUT2D eigenvalue weighted by atomic mass is 16.3. The van der Waals surface area contributed by atoms with Gasteiger partial charge in [-0.15, -0.1) is 0 Å². The second-order valence-electron chi connectivity index (χ2n) is 6.31. The van der Waals surface area contributed by atoms with Crippen molar-refractivity contribution in [3.05, 3.63) is 34.2 Å². The highest BCUT2D eigenvalue weighted by Gasteiger charge is 2.22. The number of aromatic nitrogens is 2. The Morgan fingerprint density at radius 1 is 1.43 bits per heavy atom. The van der Waals surface area contributed by atoms with E-state index in [9.17, 15) is 14.7 Å². The predicted molar refractivity (Wildman–Crippen MR) is 81.3 cm³/mol. The number of amides is 1. The van der Waals surface area contributed by atoms with Crippen LogP contribution >= 0.6 is 0 Å². The third-order valence-electron chi connectivity index (χ3n) is 3.62. The Labute approximate surface area is 122 Å². The Morgan fingerprint density at radius 3 is 2.71 bits per heavy atom. The fourth-order valence-electron chi connectivity index (χ4n) is 1.98. The van der Waals surface area contributed by atoms with Gasteiger partial charge in [0.1, 0.15) is 0 Å². The fraction of sp³-hybridized carbons (Fsp3) is 0.467. The molecule has 6 heteroatoms. The summed E-state index contributed by atoms with van der Waals surface area (Å²) in [5.41, 5.74) is 1.30. The number of benzene rings is 1. The summed E-state index contributed by atoms with van der Waals surface area (Å²) in [4.78, 5) is 26.3. The molecule has 1 amide bonds. The lowest BCUT2D eigenvalue weighted by Crippen LogP contribution is -2.39. The van der Waals surface area contributed by atoms with Crippen molar-refractivity contribution >= 4 is 16.9 Å². The van der Waals surface area contributed by atoms with Crippen LogP contribution in [-0.2, 0) is 7.05 Å². The first kappa shape index (κ1) is 15.3. The molecule has 0 aliphatic carbocycles. The fourth-order valence-corrected chi connectivity index (χ4v) is 1.98. The Kier molecular flexibility index (Phi) is 3.91. The van der Waals surface area contributed by atoms with Crippen LogP contribution in [0.15, 0.2) is 23.0 Å². The molecule has 3 N–H and O–H groups in total. The first-order valence-electron chi connectivity index (χ1n) is 6.85. The van der Waals surface area contributed by atoms with E-state index < -0.39 is 6.10 Å².